The summed E-state index contributed by atoms with van der Waals surface area (Å²) in [6.07, 6.45) is 17.7. The molecule has 0 aromatic carbocycles. The lowest BCUT2D eigenvalue weighted by Gasteiger charge is -2.19. The average Bonchev–Trinajstić information content (AvgIpc) is 2.67. The van der Waals surface area contributed by atoms with Gasteiger partial charge in [0.2, 0.25) is 5.91 Å². The van der Waals surface area contributed by atoms with Crippen LogP contribution in [0.4, 0.5) is 0 Å². The highest BCUT2D eigenvalue weighted by molar-refractivity contribution is 5.78. The van der Waals surface area contributed by atoms with Gasteiger partial charge in [-0.1, -0.05) is 88.4 Å². The fourth-order valence-corrected chi connectivity index (χ4v) is 2.88. The normalized spacial score (nSPS) is 13.3. The van der Waals surface area contributed by atoms with Crippen molar-refractivity contribution in [2.45, 2.75) is 96.1 Å². The van der Waals surface area contributed by atoms with Crippen LogP contribution >= 0.6 is 0 Å². The van der Waals surface area contributed by atoms with Crippen LogP contribution in [-0.4, -0.2) is 41.4 Å². The quantitative estimate of drug-likeness (QED) is 0.107. The number of aliphatic hydroxyl groups excluding tert-OH is 2. The zero-order valence-corrected chi connectivity index (χ0v) is 16.9. The Kier molecular flexibility index (Phi) is 18.1. The molecular formula is C20H38N4O3. The van der Waals surface area contributed by atoms with E-state index in [1.54, 1.807) is 6.08 Å². The largest absolute Gasteiger partial charge is 0.394 e. The molecule has 0 aliphatic rings. The third-order valence-corrected chi connectivity index (χ3v) is 4.54. The molecule has 0 saturated heterocycles. The van der Waals surface area contributed by atoms with Crippen molar-refractivity contribution in [2.75, 3.05) is 13.2 Å². The van der Waals surface area contributed by atoms with Crippen LogP contribution in [-0.2, 0) is 4.79 Å². The molecular weight excluding hydrogens is 344 g/mol. The van der Waals surface area contributed by atoms with Crippen molar-refractivity contribution in [1.82, 2.24) is 5.32 Å². The van der Waals surface area contributed by atoms with Crippen molar-refractivity contribution >= 4 is 5.91 Å². The van der Waals surface area contributed by atoms with E-state index in [0.717, 1.165) is 12.8 Å². The summed E-state index contributed by atoms with van der Waals surface area (Å²) in [5.41, 5.74) is 8.17. The van der Waals surface area contributed by atoms with Gasteiger partial charge < -0.3 is 15.5 Å². The monoisotopic (exact) mass is 382 g/mol. The van der Waals surface area contributed by atoms with Crippen molar-refractivity contribution in [3.05, 3.63) is 22.6 Å². The number of carbonyl (C=O) groups excluding carboxylic acids is 1. The maximum absolute atomic E-state index is 11.4. The lowest BCUT2D eigenvalue weighted by Crippen LogP contribution is -2.45. The zero-order chi connectivity index (χ0) is 20.2. The number of aliphatic hydroxyl groups is 2. The third-order valence-electron chi connectivity index (χ3n) is 4.54. The van der Waals surface area contributed by atoms with Gasteiger partial charge in [0.25, 0.3) is 0 Å². The molecule has 0 aromatic heterocycles. The van der Waals surface area contributed by atoms with Crippen molar-refractivity contribution < 1.29 is 15.0 Å². The highest BCUT2D eigenvalue weighted by atomic mass is 16.3. The molecule has 1 amide bonds. The summed E-state index contributed by atoms with van der Waals surface area (Å²) in [6, 6.07) is -0.792. The molecule has 0 aliphatic carbocycles. The summed E-state index contributed by atoms with van der Waals surface area (Å²) in [7, 11) is 0. The van der Waals surface area contributed by atoms with Gasteiger partial charge in [-0.15, -0.1) is 0 Å². The van der Waals surface area contributed by atoms with Gasteiger partial charge in [-0.3, -0.25) is 4.79 Å². The van der Waals surface area contributed by atoms with Gasteiger partial charge in [0, 0.05) is 4.91 Å². The van der Waals surface area contributed by atoms with Crippen LogP contribution in [0.1, 0.15) is 84.0 Å². The standard InChI is InChI=1S/C20H38N4O3/c1-2-3-4-5-6-7-8-9-10-11-12-13-14-15-19(26)18(17-25)23-20(27)16-22-24-21/h14-15,18-19,25-26H,2-13,16-17H2,1H3,(H,23,27). The molecule has 2 atom stereocenters. The van der Waals surface area contributed by atoms with Gasteiger partial charge in [0.15, 0.2) is 0 Å². The Morgan fingerprint density at radius 3 is 2.15 bits per heavy atom. The second kappa shape index (κ2) is 19.2. The molecule has 2 unspecified atom stereocenters. The zero-order valence-electron chi connectivity index (χ0n) is 16.9. The number of allylic oxidation sites excluding steroid dienone is 1. The third kappa shape index (κ3) is 16.3. The van der Waals surface area contributed by atoms with Crippen LogP contribution in [0, 0.1) is 0 Å². The molecule has 0 spiro atoms. The van der Waals surface area contributed by atoms with Gasteiger partial charge in [0.1, 0.15) is 6.54 Å². The van der Waals surface area contributed by atoms with Crippen molar-refractivity contribution in [2.24, 2.45) is 5.11 Å². The Labute approximate surface area is 163 Å². The fourth-order valence-electron chi connectivity index (χ4n) is 2.88. The first-order valence-electron chi connectivity index (χ1n) is 10.4. The summed E-state index contributed by atoms with van der Waals surface area (Å²) in [5.74, 6) is -0.523. The number of hydrogen-bond acceptors (Lipinski definition) is 4. The number of carbonyl (C=O) groups is 1. The summed E-state index contributed by atoms with van der Waals surface area (Å²) >= 11 is 0. The average molecular weight is 383 g/mol. The maximum atomic E-state index is 11.4. The SMILES string of the molecule is CCCCCCCCCCCCCC=CC(O)C(CO)NC(=O)CN=[N+]=[N-]. The molecule has 0 rings (SSSR count). The van der Waals surface area contributed by atoms with E-state index >= 15 is 0 Å². The topological polar surface area (TPSA) is 118 Å². The highest BCUT2D eigenvalue weighted by Gasteiger charge is 2.17. The van der Waals surface area contributed by atoms with Crippen LogP contribution in [0.15, 0.2) is 17.3 Å². The first kappa shape index (κ1) is 25.4. The molecule has 0 radical (unpaired) electrons. The van der Waals surface area contributed by atoms with E-state index in [4.69, 9.17) is 5.53 Å². The number of amides is 1. The van der Waals surface area contributed by atoms with Crippen LogP contribution < -0.4 is 5.32 Å². The van der Waals surface area contributed by atoms with E-state index in [1.807, 2.05) is 6.08 Å². The number of rotatable bonds is 18. The Hall–Kier alpha value is -1.56. The second-order valence-electron chi connectivity index (χ2n) is 6.99. The molecule has 3 N–H and O–H groups in total. The molecule has 156 valence electrons. The molecule has 0 aliphatic heterocycles. The lowest BCUT2D eigenvalue weighted by molar-refractivity contribution is -0.121. The number of unbranched alkanes of at least 4 members (excludes halogenated alkanes) is 11. The molecule has 0 heterocycles. The van der Waals surface area contributed by atoms with Gasteiger partial charge >= 0.3 is 0 Å². The van der Waals surface area contributed by atoms with Gasteiger partial charge in [-0.05, 0) is 18.4 Å². The molecule has 27 heavy (non-hydrogen) atoms. The van der Waals surface area contributed by atoms with Crippen LogP contribution in [0.5, 0.6) is 0 Å². The molecule has 7 heteroatoms. The Morgan fingerprint density at radius 2 is 1.63 bits per heavy atom. The van der Waals surface area contributed by atoms with Crippen molar-refractivity contribution in [3.63, 3.8) is 0 Å². The Balaban J connectivity index is 3.67. The number of azide groups is 1. The van der Waals surface area contributed by atoms with Crippen molar-refractivity contribution in [3.8, 4) is 0 Å². The molecule has 7 nitrogen and oxygen atoms in total. The van der Waals surface area contributed by atoms with E-state index in [-0.39, 0.29) is 13.2 Å². The number of nitrogens with zero attached hydrogens (tertiary/aromatic N) is 3. The van der Waals surface area contributed by atoms with E-state index in [9.17, 15) is 15.0 Å². The second-order valence-corrected chi connectivity index (χ2v) is 6.99. The fraction of sp³-hybridized carbons (Fsp3) is 0.850. The highest BCUT2D eigenvalue weighted by Crippen LogP contribution is 2.12. The summed E-state index contributed by atoms with van der Waals surface area (Å²) in [5, 5.41) is 24.8. The summed E-state index contributed by atoms with van der Waals surface area (Å²) in [4.78, 5) is 13.9. The van der Waals surface area contributed by atoms with Gasteiger partial charge in [-0.25, -0.2) is 0 Å². The first-order chi connectivity index (χ1) is 13.2. The maximum Gasteiger partial charge on any atom is 0.226 e. The predicted octanol–water partition coefficient (Wildman–Crippen LogP) is 4.39. The van der Waals surface area contributed by atoms with E-state index < -0.39 is 18.1 Å². The van der Waals surface area contributed by atoms with E-state index in [0.29, 0.717) is 0 Å². The first-order valence-corrected chi connectivity index (χ1v) is 10.4. The molecule has 0 saturated carbocycles. The van der Waals surface area contributed by atoms with E-state index in [2.05, 4.69) is 22.3 Å². The minimum atomic E-state index is -0.960. The summed E-state index contributed by atoms with van der Waals surface area (Å²) < 4.78 is 0. The van der Waals surface area contributed by atoms with Crippen LogP contribution in [0.25, 0.3) is 10.4 Å². The van der Waals surface area contributed by atoms with Gasteiger partial charge in [-0.2, -0.15) is 0 Å². The molecule has 0 bridgehead atoms. The number of nitrogens with one attached hydrogen (secondary N) is 1. The lowest BCUT2D eigenvalue weighted by atomic mass is 10.0. The smallest absolute Gasteiger partial charge is 0.226 e. The molecule has 0 aromatic rings. The van der Waals surface area contributed by atoms with Gasteiger partial charge in [0.05, 0.1) is 18.8 Å². The minimum absolute atomic E-state index is 0.345. The Bertz CT molecular complexity index is 437. The van der Waals surface area contributed by atoms with E-state index in [1.165, 1.54) is 64.2 Å². The Morgan fingerprint density at radius 1 is 1.07 bits per heavy atom. The summed E-state index contributed by atoms with van der Waals surface area (Å²) in [6.45, 7) is 1.52. The predicted molar refractivity (Wildman–Crippen MR) is 109 cm³/mol. The number of hydrogen-bond donors (Lipinski definition) is 3. The van der Waals surface area contributed by atoms with Crippen LogP contribution in [0.2, 0.25) is 0 Å². The molecule has 0 fully saturated rings. The van der Waals surface area contributed by atoms with Crippen molar-refractivity contribution in [1.29, 1.82) is 0 Å². The van der Waals surface area contributed by atoms with Crippen LogP contribution in [0.3, 0.4) is 0 Å². The minimum Gasteiger partial charge on any atom is -0.394 e.